The lowest BCUT2D eigenvalue weighted by Crippen LogP contribution is -2.40. The summed E-state index contributed by atoms with van der Waals surface area (Å²) in [6.07, 6.45) is 0. The first-order valence-corrected chi connectivity index (χ1v) is 6.20. The van der Waals surface area contributed by atoms with Gasteiger partial charge >= 0.3 is 0 Å². The minimum Gasteiger partial charge on any atom is -0.394 e. The van der Waals surface area contributed by atoms with Crippen molar-refractivity contribution >= 4 is 34.8 Å². The van der Waals surface area contributed by atoms with E-state index >= 15 is 0 Å². The van der Waals surface area contributed by atoms with Crippen LogP contribution in [0.4, 0.5) is 5.69 Å². The third-order valence-electron chi connectivity index (χ3n) is 2.39. The molecule has 1 atom stereocenters. The van der Waals surface area contributed by atoms with E-state index in [2.05, 4.69) is 5.32 Å². The average Bonchev–Trinajstić information content (AvgIpc) is 2.40. The third kappa shape index (κ3) is 4.04. The summed E-state index contributed by atoms with van der Waals surface area (Å²) in [5.41, 5.74) is -0.489. The number of aliphatic hydroxyl groups is 1. The molecule has 0 bridgehead atoms. The predicted octanol–water partition coefficient (Wildman–Crippen LogP) is 1.64. The number of benzene rings is 1. The Balaban J connectivity index is 3.05. The van der Waals surface area contributed by atoms with E-state index < -0.39 is 16.9 Å². The molecule has 0 fully saturated rings. The molecule has 1 rings (SSSR count). The second-order valence-corrected chi connectivity index (χ2v) is 4.64. The lowest BCUT2D eigenvalue weighted by Gasteiger charge is -2.15. The van der Waals surface area contributed by atoms with Crippen LogP contribution < -0.4 is 5.32 Å². The molecule has 0 radical (unpaired) electrons. The molecule has 0 spiro atoms. The molecule has 9 heteroatoms. The van der Waals surface area contributed by atoms with Gasteiger partial charge in [-0.25, -0.2) is 0 Å². The van der Waals surface area contributed by atoms with Gasteiger partial charge in [0.15, 0.2) is 0 Å². The third-order valence-corrected chi connectivity index (χ3v) is 3.19. The Hall–Kier alpha value is -1.41. The van der Waals surface area contributed by atoms with Gasteiger partial charge in [0.2, 0.25) is 0 Å². The van der Waals surface area contributed by atoms with Crippen molar-refractivity contribution in [3.63, 3.8) is 0 Å². The SMILES string of the molecule is COCC(CO)NC(=O)c1cc([N+](=O)[O-])cc(Cl)c1Cl. The van der Waals surface area contributed by atoms with Crippen molar-refractivity contribution < 1.29 is 19.6 Å². The number of nitrogens with zero attached hydrogens (tertiary/aromatic N) is 1. The minimum atomic E-state index is -0.684. The number of nitro benzene ring substituents is 1. The fraction of sp³-hybridized carbons (Fsp3) is 0.364. The van der Waals surface area contributed by atoms with Crippen LogP contribution in [-0.4, -0.2) is 42.3 Å². The zero-order valence-electron chi connectivity index (χ0n) is 10.4. The Kier molecular flexibility index (Phi) is 6.15. The van der Waals surface area contributed by atoms with Crippen LogP contribution in [0.2, 0.25) is 10.0 Å². The molecule has 0 aliphatic heterocycles. The molecule has 0 aliphatic carbocycles. The monoisotopic (exact) mass is 322 g/mol. The Morgan fingerprint density at radius 2 is 2.20 bits per heavy atom. The van der Waals surface area contributed by atoms with Crippen molar-refractivity contribution in [1.29, 1.82) is 0 Å². The molecule has 1 amide bonds. The first-order chi connectivity index (χ1) is 9.40. The highest BCUT2D eigenvalue weighted by atomic mass is 35.5. The van der Waals surface area contributed by atoms with Crippen molar-refractivity contribution in [3.8, 4) is 0 Å². The highest BCUT2D eigenvalue weighted by Crippen LogP contribution is 2.30. The van der Waals surface area contributed by atoms with Crippen LogP contribution in [0, 0.1) is 10.1 Å². The zero-order chi connectivity index (χ0) is 15.3. The summed E-state index contributed by atoms with van der Waals surface area (Å²) in [5.74, 6) is -0.684. The maximum Gasteiger partial charge on any atom is 0.271 e. The van der Waals surface area contributed by atoms with Gasteiger partial charge in [-0.1, -0.05) is 23.2 Å². The van der Waals surface area contributed by atoms with Gasteiger partial charge in [0.05, 0.1) is 39.8 Å². The quantitative estimate of drug-likeness (QED) is 0.612. The number of aliphatic hydroxyl groups excluding tert-OH is 1. The zero-order valence-corrected chi connectivity index (χ0v) is 11.9. The molecule has 7 nitrogen and oxygen atoms in total. The number of hydrogen-bond donors (Lipinski definition) is 2. The molecule has 0 saturated heterocycles. The number of non-ortho nitro benzene ring substituents is 1. The average molecular weight is 323 g/mol. The number of nitro groups is 1. The van der Waals surface area contributed by atoms with E-state index in [1.54, 1.807) is 0 Å². The molecule has 1 aromatic rings. The van der Waals surface area contributed by atoms with Crippen LogP contribution in [0.3, 0.4) is 0 Å². The number of nitrogens with one attached hydrogen (secondary N) is 1. The number of ether oxygens (including phenoxy) is 1. The van der Waals surface area contributed by atoms with Gasteiger partial charge in [0.25, 0.3) is 11.6 Å². The highest BCUT2D eigenvalue weighted by Gasteiger charge is 2.21. The van der Waals surface area contributed by atoms with Gasteiger partial charge in [0.1, 0.15) is 0 Å². The van der Waals surface area contributed by atoms with Crippen LogP contribution in [0.1, 0.15) is 10.4 Å². The largest absolute Gasteiger partial charge is 0.394 e. The van der Waals surface area contributed by atoms with Crippen LogP contribution in [0.5, 0.6) is 0 Å². The van der Waals surface area contributed by atoms with Gasteiger partial charge in [-0.2, -0.15) is 0 Å². The number of halogens is 2. The molecule has 1 unspecified atom stereocenters. The van der Waals surface area contributed by atoms with Crippen molar-refractivity contribution in [2.24, 2.45) is 0 Å². The van der Waals surface area contributed by atoms with Gasteiger partial charge in [-0.15, -0.1) is 0 Å². The standard InChI is InChI=1S/C11H12Cl2N2O5/c1-20-5-6(4-16)14-11(17)8-2-7(15(18)19)3-9(12)10(8)13/h2-3,6,16H,4-5H2,1H3,(H,14,17). The maximum atomic E-state index is 12.0. The van der Waals surface area contributed by atoms with Gasteiger partial charge in [-0.3, -0.25) is 14.9 Å². The summed E-state index contributed by atoms with van der Waals surface area (Å²) < 4.78 is 4.81. The van der Waals surface area contributed by atoms with E-state index in [9.17, 15) is 14.9 Å². The lowest BCUT2D eigenvalue weighted by molar-refractivity contribution is -0.384. The molecule has 0 saturated carbocycles. The summed E-state index contributed by atoms with van der Waals surface area (Å²) in [7, 11) is 1.41. The molecule has 110 valence electrons. The van der Waals surface area contributed by atoms with Crippen LogP contribution in [0.25, 0.3) is 0 Å². The molecule has 2 N–H and O–H groups in total. The Bertz CT molecular complexity index is 524. The highest BCUT2D eigenvalue weighted by molar-refractivity contribution is 6.44. The number of carbonyl (C=O) groups excluding carboxylic acids is 1. The minimum absolute atomic E-state index is 0.0858. The second-order valence-electron chi connectivity index (χ2n) is 3.85. The molecule has 0 aliphatic rings. The number of amides is 1. The molecule has 20 heavy (non-hydrogen) atoms. The normalized spacial score (nSPS) is 12.0. The summed E-state index contributed by atoms with van der Waals surface area (Å²) >= 11 is 11.6. The topological polar surface area (TPSA) is 102 Å². The number of hydrogen-bond acceptors (Lipinski definition) is 5. The van der Waals surface area contributed by atoms with Crippen molar-refractivity contribution in [3.05, 3.63) is 37.9 Å². The van der Waals surface area contributed by atoms with Gasteiger partial charge < -0.3 is 15.2 Å². The Morgan fingerprint density at radius 1 is 1.55 bits per heavy atom. The molecular weight excluding hydrogens is 311 g/mol. The summed E-state index contributed by atoms with van der Waals surface area (Å²) in [5, 5.41) is 22.0. The van der Waals surface area contributed by atoms with Crippen LogP contribution >= 0.6 is 23.2 Å². The predicted molar refractivity (Wildman–Crippen MR) is 73.3 cm³/mol. The van der Waals surface area contributed by atoms with Gasteiger partial charge in [-0.05, 0) is 0 Å². The van der Waals surface area contributed by atoms with E-state index in [0.29, 0.717) is 0 Å². The van der Waals surface area contributed by atoms with Crippen LogP contribution in [0.15, 0.2) is 12.1 Å². The number of rotatable bonds is 6. The number of carbonyl (C=O) groups is 1. The fourth-order valence-corrected chi connectivity index (χ4v) is 1.86. The van der Waals surface area contributed by atoms with E-state index in [1.807, 2.05) is 0 Å². The molecule has 0 heterocycles. The Morgan fingerprint density at radius 3 is 2.70 bits per heavy atom. The van der Waals surface area contributed by atoms with Crippen molar-refractivity contribution in [1.82, 2.24) is 5.32 Å². The van der Waals surface area contributed by atoms with Crippen molar-refractivity contribution in [2.75, 3.05) is 20.3 Å². The molecule has 0 aromatic heterocycles. The van der Waals surface area contributed by atoms with Crippen LogP contribution in [-0.2, 0) is 4.74 Å². The maximum absolute atomic E-state index is 12.0. The van der Waals surface area contributed by atoms with E-state index in [0.717, 1.165) is 12.1 Å². The number of methoxy groups -OCH3 is 1. The van der Waals surface area contributed by atoms with Gasteiger partial charge in [0, 0.05) is 19.2 Å². The summed E-state index contributed by atoms with van der Waals surface area (Å²) in [6.45, 7) is -0.262. The summed E-state index contributed by atoms with van der Waals surface area (Å²) in [4.78, 5) is 22.0. The molecular formula is C11H12Cl2N2O5. The molecule has 1 aromatic carbocycles. The second kappa shape index (κ2) is 7.39. The lowest BCUT2D eigenvalue weighted by atomic mass is 10.1. The Labute approximate surface area is 124 Å². The van der Waals surface area contributed by atoms with E-state index in [1.165, 1.54) is 7.11 Å². The fourth-order valence-electron chi connectivity index (χ4n) is 1.45. The van der Waals surface area contributed by atoms with E-state index in [4.69, 9.17) is 33.0 Å². The smallest absolute Gasteiger partial charge is 0.271 e. The first-order valence-electron chi connectivity index (χ1n) is 5.44. The van der Waals surface area contributed by atoms with E-state index in [-0.39, 0.29) is 34.5 Å². The summed E-state index contributed by atoms with van der Waals surface area (Å²) in [6, 6.07) is 1.42. The van der Waals surface area contributed by atoms with Crippen molar-refractivity contribution in [2.45, 2.75) is 6.04 Å². The first kappa shape index (κ1) is 16.6.